The molecule has 0 bridgehead atoms. The molecule has 0 aliphatic heterocycles. The maximum Gasteiger partial charge on any atom is 0.252 e. The fraction of sp³-hybridized carbons (Fsp3) is 0.444. The van der Waals surface area contributed by atoms with E-state index in [-0.39, 0.29) is 0 Å². The Labute approximate surface area is 75.6 Å². The van der Waals surface area contributed by atoms with E-state index in [0.717, 1.165) is 24.4 Å². The first-order valence-electron chi connectivity index (χ1n) is 4.55. The summed E-state index contributed by atoms with van der Waals surface area (Å²) in [5, 5.41) is 4.33. The van der Waals surface area contributed by atoms with Crippen molar-refractivity contribution in [1.29, 1.82) is 0 Å². The second-order valence-corrected chi connectivity index (χ2v) is 3.45. The van der Waals surface area contributed by atoms with E-state index < -0.39 is 0 Å². The molecule has 0 saturated heterocycles. The third-order valence-corrected chi connectivity index (χ3v) is 2.52. The molecule has 2 heterocycles. The molecule has 66 valence electrons. The molecule has 0 spiro atoms. The largest absolute Gasteiger partial charge is 0.252 e. The quantitative estimate of drug-likeness (QED) is 0.596. The van der Waals surface area contributed by atoms with Crippen molar-refractivity contribution >= 4 is 5.78 Å². The second-order valence-electron chi connectivity index (χ2n) is 3.45. The number of fused-ring (bicyclic) bond motifs is 3. The van der Waals surface area contributed by atoms with Crippen LogP contribution in [0.15, 0.2) is 6.20 Å². The number of nitrogens with zero attached hydrogens (tertiary/aromatic N) is 4. The monoisotopic (exact) mass is 174 g/mol. The Morgan fingerprint density at radius 2 is 2.31 bits per heavy atom. The van der Waals surface area contributed by atoms with E-state index >= 15 is 0 Å². The van der Waals surface area contributed by atoms with Gasteiger partial charge >= 0.3 is 0 Å². The Balaban J connectivity index is 2.42. The highest BCUT2D eigenvalue weighted by molar-refractivity contribution is 5.34. The maximum absolute atomic E-state index is 4.33. The maximum atomic E-state index is 4.33. The van der Waals surface area contributed by atoms with Gasteiger partial charge in [0.2, 0.25) is 0 Å². The Morgan fingerprint density at radius 1 is 1.38 bits per heavy atom. The van der Waals surface area contributed by atoms with Gasteiger partial charge in [0, 0.05) is 6.20 Å². The molecule has 0 saturated carbocycles. The van der Waals surface area contributed by atoms with Crippen LogP contribution < -0.4 is 0 Å². The Kier molecular flexibility index (Phi) is 1.23. The third-order valence-electron chi connectivity index (χ3n) is 2.52. The van der Waals surface area contributed by atoms with Gasteiger partial charge in [0.1, 0.15) is 5.82 Å². The summed E-state index contributed by atoms with van der Waals surface area (Å²) < 4.78 is 1.89. The predicted molar refractivity (Wildman–Crippen MR) is 47.5 cm³/mol. The highest BCUT2D eigenvalue weighted by Crippen LogP contribution is 2.20. The lowest BCUT2D eigenvalue weighted by molar-refractivity contribution is 0.827. The van der Waals surface area contributed by atoms with Crippen LogP contribution in [0.25, 0.3) is 5.78 Å². The molecule has 0 fully saturated rings. The first-order valence-corrected chi connectivity index (χ1v) is 4.55. The van der Waals surface area contributed by atoms with Crippen LogP contribution in [0.5, 0.6) is 0 Å². The highest BCUT2D eigenvalue weighted by Gasteiger charge is 2.16. The molecule has 0 atom stereocenters. The zero-order valence-corrected chi connectivity index (χ0v) is 7.49. The summed E-state index contributed by atoms with van der Waals surface area (Å²) in [7, 11) is 0. The molecule has 3 rings (SSSR count). The number of rotatable bonds is 0. The van der Waals surface area contributed by atoms with E-state index in [0.29, 0.717) is 0 Å². The van der Waals surface area contributed by atoms with Crippen molar-refractivity contribution in [2.45, 2.75) is 26.2 Å². The fourth-order valence-electron chi connectivity index (χ4n) is 1.94. The summed E-state index contributed by atoms with van der Waals surface area (Å²) in [6.45, 7) is 1.90. The van der Waals surface area contributed by atoms with E-state index in [1.165, 1.54) is 17.7 Å². The summed E-state index contributed by atoms with van der Waals surface area (Å²) in [5.41, 5.74) is 2.63. The standard InChI is InChI=1S/C9H10N4/c1-6-11-9-10-5-7-3-2-4-8(7)13(9)12-6/h5H,2-4H2,1H3. The lowest BCUT2D eigenvalue weighted by Crippen LogP contribution is -1.99. The van der Waals surface area contributed by atoms with Crippen LogP contribution in [-0.4, -0.2) is 19.6 Å². The first kappa shape index (κ1) is 7.00. The Bertz CT molecular complexity index is 472. The minimum absolute atomic E-state index is 0.734. The molecule has 4 nitrogen and oxygen atoms in total. The van der Waals surface area contributed by atoms with E-state index in [9.17, 15) is 0 Å². The van der Waals surface area contributed by atoms with Crippen LogP contribution in [-0.2, 0) is 12.8 Å². The first-order chi connectivity index (χ1) is 6.34. The zero-order chi connectivity index (χ0) is 8.84. The van der Waals surface area contributed by atoms with Gasteiger partial charge < -0.3 is 0 Å². The molecular formula is C9H10N4. The number of aromatic nitrogens is 4. The van der Waals surface area contributed by atoms with Gasteiger partial charge in [-0.15, -0.1) is 0 Å². The molecule has 0 unspecified atom stereocenters. The van der Waals surface area contributed by atoms with Crippen LogP contribution in [0.3, 0.4) is 0 Å². The second kappa shape index (κ2) is 2.28. The molecular weight excluding hydrogens is 164 g/mol. The van der Waals surface area contributed by atoms with Crippen LogP contribution in [0.4, 0.5) is 0 Å². The lowest BCUT2D eigenvalue weighted by atomic mass is 10.3. The van der Waals surface area contributed by atoms with Crippen molar-refractivity contribution in [3.05, 3.63) is 23.3 Å². The molecule has 0 aromatic carbocycles. The zero-order valence-electron chi connectivity index (χ0n) is 7.49. The summed E-state index contributed by atoms with van der Waals surface area (Å²) >= 11 is 0. The summed E-state index contributed by atoms with van der Waals surface area (Å²) in [6.07, 6.45) is 5.40. The van der Waals surface area contributed by atoms with Crippen molar-refractivity contribution in [3.63, 3.8) is 0 Å². The molecule has 13 heavy (non-hydrogen) atoms. The van der Waals surface area contributed by atoms with E-state index in [4.69, 9.17) is 0 Å². The minimum Gasteiger partial charge on any atom is -0.219 e. The van der Waals surface area contributed by atoms with Crippen molar-refractivity contribution in [2.24, 2.45) is 0 Å². The molecule has 1 aliphatic rings. The van der Waals surface area contributed by atoms with Gasteiger partial charge in [0.05, 0.1) is 5.69 Å². The number of hydrogen-bond acceptors (Lipinski definition) is 3. The summed E-state index contributed by atoms with van der Waals surface area (Å²) in [4.78, 5) is 8.49. The fourth-order valence-corrected chi connectivity index (χ4v) is 1.94. The molecule has 0 radical (unpaired) electrons. The summed E-state index contributed by atoms with van der Waals surface area (Å²) in [5.74, 6) is 1.53. The van der Waals surface area contributed by atoms with Gasteiger partial charge in [0.25, 0.3) is 5.78 Å². The van der Waals surface area contributed by atoms with Gasteiger partial charge in [-0.1, -0.05) is 0 Å². The number of hydrogen-bond donors (Lipinski definition) is 0. The van der Waals surface area contributed by atoms with Crippen LogP contribution in [0.1, 0.15) is 23.5 Å². The van der Waals surface area contributed by atoms with Gasteiger partial charge in [0.15, 0.2) is 0 Å². The van der Waals surface area contributed by atoms with Crippen LogP contribution >= 0.6 is 0 Å². The molecule has 4 heteroatoms. The topological polar surface area (TPSA) is 43.1 Å². The van der Waals surface area contributed by atoms with E-state index in [2.05, 4.69) is 15.1 Å². The van der Waals surface area contributed by atoms with E-state index in [1.54, 1.807) is 0 Å². The highest BCUT2D eigenvalue weighted by atomic mass is 15.3. The van der Waals surface area contributed by atoms with Gasteiger partial charge in [-0.2, -0.15) is 10.1 Å². The predicted octanol–water partition coefficient (Wildman–Crippen LogP) is 0.921. The minimum atomic E-state index is 0.734. The van der Waals surface area contributed by atoms with Gasteiger partial charge in [-0.05, 0) is 31.7 Å². The van der Waals surface area contributed by atoms with Gasteiger partial charge in [-0.25, -0.2) is 9.50 Å². The number of aryl methyl sites for hydroxylation is 3. The third kappa shape index (κ3) is 0.883. The van der Waals surface area contributed by atoms with Crippen molar-refractivity contribution in [2.75, 3.05) is 0 Å². The summed E-state index contributed by atoms with van der Waals surface area (Å²) in [6, 6.07) is 0. The molecule has 2 aromatic heterocycles. The van der Waals surface area contributed by atoms with E-state index in [1.807, 2.05) is 17.6 Å². The molecule has 0 N–H and O–H groups in total. The van der Waals surface area contributed by atoms with Crippen LogP contribution in [0.2, 0.25) is 0 Å². The normalized spacial score (nSPS) is 15.2. The van der Waals surface area contributed by atoms with Crippen molar-refractivity contribution < 1.29 is 0 Å². The Morgan fingerprint density at radius 3 is 3.23 bits per heavy atom. The molecule has 2 aromatic rings. The Hall–Kier alpha value is -1.45. The smallest absolute Gasteiger partial charge is 0.219 e. The van der Waals surface area contributed by atoms with Crippen molar-refractivity contribution in [1.82, 2.24) is 19.6 Å². The SMILES string of the molecule is Cc1nc2ncc3c(n2n1)CCC3. The molecule has 0 amide bonds. The average molecular weight is 174 g/mol. The average Bonchev–Trinajstić information content (AvgIpc) is 2.65. The van der Waals surface area contributed by atoms with Crippen LogP contribution in [0, 0.1) is 6.92 Å². The van der Waals surface area contributed by atoms with Gasteiger partial charge in [-0.3, -0.25) is 0 Å². The van der Waals surface area contributed by atoms with Crippen molar-refractivity contribution in [3.8, 4) is 0 Å². The molecule has 1 aliphatic carbocycles. The lowest BCUT2D eigenvalue weighted by Gasteiger charge is -1.98.